The topological polar surface area (TPSA) is 51.7 Å². The van der Waals surface area contributed by atoms with Crippen molar-refractivity contribution in [1.29, 1.82) is 0 Å². The zero-order valence-electron chi connectivity index (χ0n) is 16.0. The van der Waals surface area contributed by atoms with E-state index in [1.165, 1.54) is 5.56 Å². The molecule has 0 N–H and O–H groups in total. The van der Waals surface area contributed by atoms with Gasteiger partial charge in [-0.3, -0.25) is 4.79 Å². The quantitative estimate of drug-likeness (QED) is 0.633. The second-order valence-corrected chi connectivity index (χ2v) is 7.76. The molecule has 2 heterocycles. The second kappa shape index (κ2) is 8.02. The third-order valence-corrected chi connectivity index (χ3v) is 5.63. The molecule has 2 aromatic carbocycles. The van der Waals surface area contributed by atoms with E-state index in [2.05, 4.69) is 11.1 Å². The number of ether oxygens (including phenoxy) is 2. The summed E-state index contributed by atoms with van der Waals surface area (Å²) < 4.78 is 11.3. The van der Waals surface area contributed by atoms with Gasteiger partial charge >= 0.3 is 0 Å². The monoisotopic (exact) mass is 394 g/mol. The first kappa shape index (κ1) is 18.5. The Hall–Kier alpha value is -2.86. The number of rotatable bonds is 5. The highest BCUT2D eigenvalue weighted by Gasteiger charge is 2.24. The Morgan fingerprint density at radius 2 is 2.07 bits per heavy atom. The zero-order chi connectivity index (χ0) is 19.5. The number of carbonyl (C=O) groups excluding carboxylic acids is 1. The Balaban J connectivity index is 1.55. The van der Waals surface area contributed by atoms with Gasteiger partial charge in [0.25, 0.3) is 5.91 Å². The highest BCUT2D eigenvalue weighted by molar-refractivity contribution is 7.09. The van der Waals surface area contributed by atoms with Crippen LogP contribution in [0.25, 0.3) is 0 Å². The van der Waals surface area contributed by atoms with Crippen molar-refractivity contribution >= 4 is 22.9 Å². The molecule has 0 saturated carbocycles. The first-order chi connectivity index (χ1) is 13.7. The molecule has 0 unspecified atom stereocenters. The molecule has 0 aliphatic carbocycles. The summed E-state index contributed by atoms with van der Waals surface area (Å²) in [6, 6.07) is 13.4. The summed E-state index contributed by atoms with van der Waals surface area (Å²) >= 11 is 1.59. The molecule has 5 nitrogen and oxygen atoms in total. The van der Waals surface area contributed by atoms with Gasteiger partial charge in [0.2, 0.25) is 0 Å². The third-order valence-electron chi connectivity index (χ3n) is 4.81. The number of amides is 1. The van der Waals surface area contributed by atoms with Crippen LogP contribution in [0, 0.1) is 6.92 Å². The van der Waals surface area contributed by atoms with Crippen LogP contribution in [-0.2, 0) is 13.0 Å². The lowest BCUT2D eigenvalue weighted by Gasteiger charge is -2.29. The number of hydrogen-bond donors (Lipinski definition) is 0. The van der Waals surface area contributed by atoms with Gasteiger partial charge in [-0.2, -0.15) is 0 Å². The SMILES string of the molecule is COc1cc(C(=O)N2CCCc3ccccc32)ccc1OCc1csc(C)n1. The first-order valence-electron chi connectivity index (χ1n) is 9.27. The molecule has 1 aromatic heterocycles. The van der Waals surface area contributed by atoms with Crippen molar-refractivity contribution in [2.75, 3.05) is 18.6 Å². The zero-order valence-corrected chi connectivity index (χ0v) is 16.8. The minimum Gasteiger partial charge on any atom is -0.493 e. The molecular weight excluding hydrogens is 372 g/mol. The van der Waals surface area contributed by atoms with Gasteiger partial charge in [0.05, 0.1) is 17.8 Å². The van der Waals surface area contributed by atoms with E-state index in [0.29, 0.717) is 23.7 Å². The minimum absolute atomic E-state index is 0.0212. The Bertz CT molecular complexity index is 999. The van der Waals surface area contributed by atoms with E-state index < -0.39 is 0 Å². The van der Waals surface area contributed by atoms with Gasteiger partial charge in [0, 0.05) is 23.2 Å². The van der Waals surface area contributed by atoms with Gasteiger partial charge in [0.1, 0.15) is 6.61 Å². The van der Waals surface area contributed by atoms with Crippen molar-refractivity contribution < 1.29 is 14.3 Å². The maximum Gasteiger partial charge on any atom is 0.258 e. The normalized spacial score (nSPS) is 13.1. The van der Waals surface area contributed by atoms with Crippen LogP contribution >= 0.6 is 11.3 Å². The largest absolute Gasteiger partial charge is 0.493 e. The molecule has 4 rings (SSSR count). The molecule has 0 atom stereocenters. The van der Waals surface area contributed by atoms with E-state index in [4.69, 9.17) is 9.47 Å². The van der Waals surface area contributed by atoms with Crippen LogP contribution in [0.15, 0.2) is 47.8 Å². The van der Waals surface area contributed by atoms with Crippen molar-refractivity contribution in [3.05, 3.63) is 69.7 Å². The number of hydrogen-bond acceptors (Lipinski definition) is 5. The predicted octanol–water partition coefficient (Wildman–Crippen LogP) is 4.63. The smallest absolute Gasteiger partial charge is 0.258 e. The van der Waals surface area contributed by atoms with Gasteiger partial charge < -0.3 is 14.4 Å². The van der Waals surface area contributed by atoms with Gasteiger partial charge in [-0.15, -0.1) is 11.3 Å². The number of methoxy groups -OCH3 is 1. The average molecular weight is 394 g/mol. The van der Waals surface area contributed by atoms with Crippen LogP contribution in [-0.4, -0.2) is 24.5 Å². The van der Waals surface area contributed by atoms with E-state index in [-0.39, 0.29) is 5.91 Å². The number of fused-ring (bicyclic) bond motifs is 1. The lowest BCUT2D eigenvalue weighted by atomic mass is 10.0. The fraction of sp³-hybridized carbons (Fsp3) is 0.273. The maximum atomic E-state index is 13.1. The molecule has 28 heavy (non-hydrogen) atoms. The number of anilines is 1. The lowest BCUT2D eigenvalue weighted by Crippen LogP contribution is -2.35. The molecule has 0 spiro atoms. The molecule has 0 fully saturated rings. The number of aromatic nitrogens is 1. The number of thiazole rings is 1. The van der Waals surface area contributed by atoms with Gasteiger partial charge in [0.15, 0.2) is 11.5 Å². The van der Waals surface area contributed by atoms with Crippen LogP contribution in [0.2, 0.25) is 0 Å². The maximum absolute atomic E-state index is 13.1. The Kier molecular flexibility index (Phi) is 5.30. The number of benzene rings is 2. The molecule has 6 heteroatoms. The molecule has 1 aliphatic rings. The summed E-state index contributed by atoms with van der Waals surface area (Å²) in [5.74, 6) is 1.12. The molecule has 144 valence electrons. The molecule has 3 aromatic rings. The van der Waals surface area contributed by atoms with Crippen molar-refractivity contribution in [3.63, 3.8) is 0 Å². The number of para-hydroxylation sites is 1. The van der Waals surface area contributed by atoms with E-state index in [0.717, 1.165) is 35.8 Å². The highest BCUT2D eigenvalue weighted by atomic mass is 32.1. The summed E-state index contributed by atoms with van der Waals surface area (Å²) in [6.07, 6.45) is 1.97. The van der Waals surface area contributed by atoms with Crippen molar-refractivity contribution in [2.24, 2.45) is 0 Å². The fourth-order valence-electron chi connectivity index (χ4n) is 3.45. The van der Waals surface area contributed by atoms with Crippen LogP contribution in [0.3, 0.4) is 0 Å². The summed E-state index contributed by atoms with van der Waals surface area (Å²) in [5, 5.41) is 2.99. The summed E-state index contributed by atoms with van der Waals surface area (Å²) in [7, 11) is 1.58. The Morgan fingerprint density at radius 1 is 1.21 bits per heavy atom. The van der Waals surface area contributed by atoms with Crippen molar-refractivity contribution in [2.45, 2.75) is 26.4 Å². The van der Waals surface area contributed by atoms with Crippen molar-refractivity contribution in [3.8, 4) is 11.5 Å². The predicted molar refractivity (Wildman–Crippen MR) is 111 cm³/mol. The highest BCUT2D eigenvalue weighted by Crippen LogP contribution is 2.32. The fourth-order valence-corrected chi connectivity index (χ4v) is 4.04. The minimum atomic E-state index is -0.0212. The summed E-state index contributed by atoms with van der Waals surface area (Å²) in [6.45, 7) is 3.06. The molecule has 1 aliphatic heterocycles. The number of nitrogens with zero attached hydrogens (tertiary/aromatic N) is 2. The molecule has 0 saturated heterocycles. The molecular formula is C22H22N2O3S. The van der Waals surface area contributed by atoms with E-state index in [1.54, 1.807) is 36.6 Å². The Morgan fingerprint density at radius 3 is 2.86 bits per heavy atom. The van der Waals surface area contributed by atoms with Gasteiger partial charge in [-0.1, -0.05) is 18.2 Å². The van der Waals surface area contributed by atoms with Crippen molar-refractivity contribution in [1.82, 2.24) is 4.98 Å². The molecule has 0 bridgehead atoms. The van der Waals surface area contributed by atoms with Gasteiger partial charge in [-0.05, 0) is 49.6 Å². The first-order valence-corrected chi connectivity index (χ1v) is 10.2. The standard InChI is InChI=1S/C22H22N2O3S/c1-15-23-18(14-28-15)13-27-20-10-9-17(12-21(20)26-2)22(25)24-11-5-7-16-6-3-4-8-19(16)24/h3-4,6,8-10,12,14H,5,7,11,13H2,1-2H3. The second-order valence-electron chi connectivity index (χ2n) is 6.70. The average Bonchev–Trinajstić information content (AvgIpc) is 3.16. The number of carbonyl (C=O) groups is 1. The van der Waals surface area contributed by atoms with E-state index in [9.17, 15) is 4.79 Å². The van der Waals surface area contributed by atoms with Gasteiger partial charge in [-0.25, -0.2) is 4.98 Å². The van der Waals surface area contributed by atoms with Crippen LogP contribution in [0.5, 0.6) is 11.5 Å². The van der Waals surface area contributed by atoms with Crippen LogP contribution < -0.4 is 14.4 Å². The molecule has 0 radical (unpaired) electrons. The van der Waals surface area contributed by atoms with Crippen LogP contribution in [0.1, 0.15) is 33.0 Å². The number of aryl methyl sites for hydroxylation is 2. The summed E-state index contributed by atoms with van der Waals surface area (Å²) in [5.41, 5.74) is 3.68. The van der Waals surface area contributed by atoms with E-state index in [1.807, 2.05) is 35.4 Å². The van der Waals surface area contributed by atoms with Crippen LogP contribution in [0.4, 0.5) is 5.69 Å². The molecule has 1 amide bonds. The third kappa shape index (κ3) is 3.73. The lowest BCUT2D eigenvalue weighted by molar-refractivity contribution is 0.0984. The Labute approximate surface area is 168 Å². The summed E-state index contributed by atoms with van der Waals surface area (Å²) in [4.78, 5) is 19.4. The van der Waals surface area contributed by atoms with E-state index >= 15 is 0 Å².